The van der Waals surface area contributed by atoms with Gasteiger partial charge in [-0.2, -0.15) is 0 Å². The zero-order valence-corrected chi connectivity index (χ0v) is 14.4. The Balaban J connectivity index is 0.00000529. The molecule has 24 heavy (non-hydrogen) atoms. The van der Waals surface area contributed by atoms with Crippen LogP contribution >= 0.6 is 0 Å². The second-order valence-corrected chi connectivity index (χ2v) is 5.50. The summed E-state index contributed by atoms with van der Waals surface area (Å²) in [6, 6.07) is 8.03. The topological polar surface area (TPSA) is 98.8 Å². The molecule has 0 fully saturated rings. The van der Waals surface area contributed by atoms with Crippen molar-refractivity contribution in [3.63, 3.8) is 0 Å². The number of likely N-dealkylation sites (N-methyl/N-ethyl adjacent to an activating group) is 1. The van der Waals surface area contributed by atoms with Crippen LogP contribution in [0.4, 0.5) is 4.79 Å². The standard InChI is InChI=1S/C16H22N2O5.Li/c1-11(2)14(15(20)21)17-13(19)9-18(3)16(22)23-10-12-7-5-4-6-8-12;/h4-8,11,14H,9-10H2,1-3H3,(H,17,19)(H,20,21);/q;+1/p-1. The number of nitrogens with one attached hydrogen (secondary N) is 1. The number of hydrogen-bond acceptors (Lipinski definition) is 5. The van der Waals surface area contributed by atoms with Gasteiger partial charge < -0.3 is 24.9 Å². The van der Waals surface area contributed by atoms with Crippen molar-refractivity contribution in [3.05, 3.63) is 35.9 Å². The van der Waals surface area contributed by atoms with Crippen LogP contribution < -0.4 is 29.3 Å². The molecule has 8 heteroatoms. The monoisotopic (exact) mass is 328 g/mol. The van der Waals surface area contributed by atoms with Crippen LogP contribution in [0, 0.1) is 5.92 Å². The van der Waals surface area contributed by atoms with Crippen molar-refractivity contribution in [2.75, 3.05) is 13.6 Å². The fraction of sp³-hybridized carbons (Fsp3) is 0.438. The Hall–Kier alpha value is -1.97. The van der Waals surface area contributed by atoms with Crippen LogP contribution in [0.15, 0.2) is 30.3 Å². The van der Waals surface area contributed by atoms with Gasteiger partial charge in [-0.25, -0.2) is 4.79 Å². The van der Waals surface area contributed by atoms with Gasteiger partial charge in [0.05, 0.1) is 12.0 Å². The first-order valence-electron chi connectivity index (χ1n) is 7.23. The zero-order chi connectivity index (χ0) is 17.4. The predicted octanol–water partition coefficient (Wildman–Crippen LogP) is -2.85. The molecule has 0 bridgehead atoms. The van der Waals surface area contributed by atoms with Gasteiger partial charge in [0.2, 0.25) is 5.91 Å². The molecule has 7 nitrogen and oxygen atoms in total. The second kappa shape index (κ2) is 10.7. The fourth-order valence-electron chi connectivity index (χ4n) is 1.83. The number of rotatable bonds is 7. The summed E-state index contributed by atoms with van der Waals surface area (Å²) >= 11 is 0. The summed E-state index contributed by atoms with van der Waals surface area (Å²) in [5.74, 6) is -2.27. The Labute approximate surface area is 153 Å². The zero-order valence-electron chi connectivity index (χ0n) is 14.4. The SMILES string of the molecule is CC(C)C(NC(=O)CN(C)C(=O)OCc1ccccc1)C(=O)[O-].[Li+]. The normalized spacial score (nSPS) is 11.2. The molecule has 0 heterocycles. The van der Waals surface area contributed by atoms with Crippen LogP contribution in [0.1, 0.15) is 19.4 Å². The maximum atomic E-state index is 11.8. The van der Waals surface area contributed by atoms with Gasteiger partial charge in [0.15, 0.2) is 0 Å². The number of carboxylic acids is 1. The van der Waals surface area contributed by atoms with E-state index in [1.165, 1.54) is 7.05 Å². The number of nitrogens with zero attached hydrogens (tertiary/aromatic N) is 1. The van der Waals surface area contributed by atoms with Crippen molar-refractivity contribution >= 4 is 18.0 Å². The summed E-state index contributed by atoms with van der Waals surface area (Å²) in [6.07, 6.45) is -0.668. The van der Waals surface area contributed by atoms with Gasteiger partial charge in [0.1, 0.15) is 13.2 Å². The number of ether oxygens (including phenoxy) is 1. The Morgan fingerprint density at radius 1 is 1.21 bits per heavy atom. The van der Waals surface area contributed by atoms with E-state index in [2.05, 4.69) is 5.32 Å². The minimum Gasteiger partial charge on any atom is -0.548 e. The summed E-state index contributed by atoms with van der Waals surface area (Å²) < 4.78 is 5.07. The first-order valence-corrected chi connectivity index (χ1v) is 7.23. The van der Waals surface area contributed by atoms with Crippen LogP contribution in [0.5, 0.6) is 0 Å². The Morgan fingerprint density at radius 3 is 2.29 bits per heavy atom. The number of carbonyl (C=O) groups is 3. The van der Waals surface area contributed by atoms with Crippen LogP contribution in [0.25, 0.3) is 0 Å². The Morgan fingerprint density at radius 2 is 1.79 bits per heavy atom. The third-order valence-corrected chi connectivity index (χ3v) is 3.13. The fourth-order valence-corrected chi connectivity index (χ4v) is 1.83. The van der Waals surface area contributed by atoms with Gasteiger partial charge in [0.25, 0.3) is 0 Å². The average Bonchev–Trinajstić information content (AvgIpc) is 2.50. The number of amides is 2. The van der Waals surface area contributed by atoms with E-state index in [1.54, 1.807) is 13.8 Å². The number of carbonyl (C=O) groups excluding carboxylic acids is 3. The molecule has 1 atom stereocenters. The number of benzene rings is 1. The molecular weight excluding hydrogens is 307 g/mol. The Kier molecular flexibility index (Phi) is 9.85. The van der Waals surface area contributed by atoms with Crippen LogP contribution in [0.3, 0.4) is 0 Å². The Bertz CT molecular complexity index is 551. The van der Waals surface area contributed by atoms with Crippen molar-refractivity contribution in [1.29, 1.82) is 0 Å². The van der Waals surface area contributed by atoms with Gasteiger partial charge in [-0.15, -0.1) is 0 Å². The van der Waals surface area contributed by atoms with E-state index in [9.17, 15) is 19.5 Å². The minimum absolute atomic E-state index is 0. The van der Waals surface area contributed by atoms with Crippen molar-refractivity contribution in [3.8, 4) is 0 Å². The van der Waals surface area contributed by atoms with Gasteiger partial charge >= 0.3 is 25.0 Å². The van der Waals surface area contributed by atoms with Gasteiger partial charge in [0, 0.05) is 7.05 Å². The molecule has 1 rings (SSSR count). The van der Waals surface area contributed by atoms with E-state index < -0.39 is 24.0 Å². The van der Waals surface area contributed by atoms with Gasteiger partial charge in [-0.1, -0.05) is 44.2 Å². The summed E-state index contributed by atoms with van der Waals surface area (Å²) in [4.78, 5) is 35.6. The molecule has 2 amide bonds. The number of aliphatic carboxylic acids is 1. The molecule has 0 aliphatic heterocycles. The number of carboxylic acid groups (broad SMARTS) is 1. The molecule has 1 aromatic carbocycles. The first-order chi connectivity index (χ1) is 10.8. The molecule has 0 aliphatic carbocycles. The summed E-state index contributed by atoms with van der Waals surface area (Å²) in [5.41, 5.74) is 0.829. The summed E-state index contributed by atoms with van der Waals surface area (Å²) in [6.45, 7) is 3.10. The first kappa shape index (κ1) is 22.0. The molecule has 1 N–H and O–H groups in total. The quantitative estimate of drug-likeness (QED) is 0.543. The molecule has 0 aliphatic rings. The molecule has 126 valence electrons. The molecular formula is C16H21LiN2O5. The van der Waals surface area contributed by atoms with E-state index >= 15 is 0 Å². The van der Waals surface area contributed by atoms with Crippen molar-refractivity contribution < 1.29 is 43.1 Å². The maximum Gasteiger partial charge on any atom is 1.00 e. The van der Waals surface area contributed by atoms with E-state index in [4.69, 9.17) is 4.74 Å². The molecule has 1 aromatic rings. The maximum absolute atomic E-state index is 11.8. The molecule has 0 aromatic heterocycles. The third-order valence-electron chi connectivity index (χ3n) is 3.13. The van der Waals surface area contributed by atoms with E-state index in [-0.39, 0.29) is 37.9 Å². The molecule has 1 unspecified atom stereocenters. The minimum atomic E-state index is -1.36. The van der Waals surface area contributed by atoms with Crippen LogP contribution in [0.2, 0.25) is 0 Å². The molecule has 0 radical (unpaired) electrons. The largest absolute Gasteiger partial charge is 1.00 e. The third kappa shape index (κ3) is 7.53. The van der Waals surface area contributed by atoms with Crippen LogP contribution in [-0.4, -0.2) is 42.5 Å². The predicted molar refractivity (Wildman–Crippen MR) is 81.0 cm³/mol. The van der Waals surface area contributed by atoms with E-state index in [1.807, 2.05) is 30.3 Å². The van der Waals surface area contributed by atoms with E-state index in [0.29, 0.717) is 0 Å². The summed E-state index contributed by atoms with van der Waals surface area (Å²) in [7, 11) is 1.40. The molecule has 0 saturated carbocycles. The summed E-state index contributed by atoms with van der Waals surface area (Å²) in [5, 5.41) is 13.2. The smallest absolute Gasteiger partial charge is 0.548 e. The van der Waals surface area contributed by atoms with E-state index in [0.717, 1.165) is 10.5 Å². The molecule has 0 spiro atoms. The van der Waals surface area contributed by atoms with Crippen LogP contribution in [-0.2, 0) is 20.9 Å². The second-order valence-electron chi connectivity index (χ2n) is 5.50. The van der Waals surface area contributed by atoms with Gasteiger partial charge in [-0.3, -0.25) is 4.79 Å². The number of hydrogen-bond donors (Lipinski definition) is 1. The van der Waals surface area contributed by atoms with Crippen molar-refractivity contribution in [1.82, 2.24) is 10.2 Å². The van der Waals surface area contributed by atoms with Crippen molar-refractivity contribution in [2.24, 2.45) is 5.92 Å². The van der Waals surface area contributed by atoms with Crippen molar-refractivity contribution in [2.45, 2.75) is 26.5 Å². The average molecular weight is 328 g/mol. The molecule has 0 saturated heterocycles. The van der Waals surface area contributed by atoms with Gasteiger partial charge in [-0.05, 0) is 11.5 Å².